The van der Waals surface area contributed by atoms with Crippen LogP contribution in [0, 0.1) is 0 Å². The Morgan fingerprint density at radius 1 is 1.21 bits per heavy atom. The average molecular weight is 329 g/mol. The number of rotatable bonds is 5. The molecular formula is C17H23N5O2. The second-order valence-electron chi connectivity index (χ2n) is 5.93. The molecular weight excluding hydrogens is 306 g/mol. The molecule has 1 aromatic carbocycles. The standard InChI is InChI=1S/C17H23N5O2/c1-2-13-3-5-14(6-4-13)17(23)22-9-7-21(8-10-22)12-15-19-16(11-18)24-20-15/h3-6H,2,7-12,18H2,1H3. The van der Waals surface area contributed by atoms with E-state index in [0.29, 0.717) is 31.3 Å². The molecule has 128 valence electrons. The Morgan fingerprint density at radius 3 is 2.50 bits per heavy atom. The summed E-state index contributed by atoms with van der Waals surface area (Å²) >= 11 is 0. The van der Waals surface area contributed by atoms with Crippen molar-refractivity contribution in [3.8, 4) is 0 Å². The van der Waals surface area contributed by atoms with E-state index in [1.54, 1.807) is 0 Å². The van der Waals surface area contributed by atoms with Crippen molar-refractivity contribution in [1.29, 1.82) is 0 Å². The molecule has 1 aliphatic heterocycles. The Labute approximate surface area is 141 Å². The van der Waals surface area contributed by atoms with Crippen LogP contribution in [0.4, 0.5) is 0 Å². The number of hydrogen-bond donors (Lipinski definition) is 1. The molecule has 1 saturated heterocycles. The van der Waals surface area contributed by atoms with Gasteiger partial charge in [-0.05, 0) is 24.1 Å². The lowest BCUT2D eigenvalue weighted by atomic mass is 10.1. The lowest BCUT2D eigenvalue weighted by Crippen LogP contribution is -2.48. The topological polar surface area (TPSA) is 88.5 Å². The zero-order valence-electron chi connectivity index (χ0n) is 13.9. The van der Waals surface area contributed by atoms with Crippen molar-refractivity contribution in [3.63, 3.8) is 0 Å². The van der Waals surface area contributed by atoms with Crippen LogP contribution in [-0.2, 0) is 19.5 Å². The van der Waals surface area contributed by atoms with Gasteiger partial charge in [-0.2, -0.15) is 4.98 Å². The molecule has 7 nitrogen and oxygen atoms in total. The van der Waals surface area contributed by atoms with Crippen LogP contribution in [0.5, 0.6) is 0 Å². The number of aromatic nitrogens is 2. The first-order valence-corrected chi connectivity index (χ1v) is 8.31. The van der Waals surface area contributed by atoms with Crippen molar-refractivity contribution in [2.24, 2.45) is 5.73 Å². The van der Waals surface area contributed by atoms with E-state index in [2.05, 4.69) is 22.0 Å². The van der Waals surface area contributed by atoms with Crippen molar-refractivity contribution < 1.29 is 9.32 Å². The van der Waals surface area contributed by atoms with Gasteiger partial charge in [-0.15, -0.1) is 0 Å². The molecule has 1 aliphatic rings. The van der Waals surface area contributed by atoms with Gasteiger partial charge in [-0.3, -0.25) is 9.69 Å². The highest BCUT2D eigenvalue weighted by Gasteiger charge is 2.23. The summed E-state index contributed by atoms with van der Waals surface area (Å²) in [5.41, 5.74) is 7.47. The Hall–Kier alpha value is -2.25. The van der Waals surface area contributed by atoms with E-state index in [9.17, 15) is 4.79 Å². The number of aryl methyl sites for hydroxylation is 1. The van der Waals surface area contributed by atoms with Crippen LogP contribution in [0.25, 0.3) is 0 Å². The lowest BCUT2D eigenvalue weighted by Gasteiger charge is -2.34. The van der Waals surface area contributed by atoms with Crippen molar-refractivity contribution in [2.75, 3.05) is 26.2 Å². The van der Waals surface area contributed by atoms with Gasteiger partial charge in [0.25, 0.3) is 5.91 Å². The Kier molecular flexibility index (Phi) is 5.22. The molecule has 0 bridgehead atoms. The van der Waals surface area contributed by atoms with Gasteiger partial charge in [0.05, 0.1) is 13.1 Å². The summed E-state index contributed by atoms with van der Waals surface area (Å²) in [6, 6.07) is 7.88. The smallest absolute Gasteiger partial charge is 0.253 e. The molecule has 1 fully saturated rings. The van der Waals surface area contributed by atoms with Crippen molar-refractivity contribution >= 4 is 5.91 Å². The quantitative estimate of drug-likeness (QED) is 0.882. The van der Waals surface area contributed by atoms with Crippen LogP contribution in [0.15, 0.2) is 28.8 Å². The van der Waals surface area contributed by atoms with Crippen LogP contribution in [-0.4, -0.2) is 52.0 Å². The summed E-state index contributed by atoms with van der Waals surface area (Å²) in [4.78, 5) is 20.9. The minimum absolute atomic E-state index is 0.0993. The fraction of sp³-hybridized carbons (Fsp3) is 0.471. The molecule has 2 N–H and O–H groups in total. The molecule has 1 amide bonds. The molecule has 0 spiro atoms. The van der Waals surface area contributed by atoms with E-state index >= 15 is 0 Å². The molecule has 2 aromatic rings. The van der Waals surface area contributed by atoms with Crippen LogP contribution in [0.3, 0.4) is 0 Å². The van der Waals surface area contributed by atoms with Crippen molar-refractivity contribution in [1.82, 2.24) is 19.9 Å². The lowest BCUT2D eigenvalue weighted by molar-refractivity contribution is 0.0624. The number of nitrogens with two attached hydrogens (primary N) is 1. The molecule has 0 saturated carbocycles. The number of hydrogen-bond acceptors (Lipinski definition) is 6. The Morgan fingerprint density at radius 2 is 1.92 bits per heavy atom. The number of amides is 1. The number of carbonyl (C=O) groups is 1. The molecule has 0 unspecified atom stereocenters. The molecule has 0 aliphatic carbocycles. The van der Waals surface area contributed by atoms with Gasteiger partial charge in [-0.1, -0.05) is 24.2 Å². The zero-order valence-corrected chi connectivity index (χ0v) is 13.9. The fourth-order valence-corrected chi connectivity index (χ4v) is 2.81. The highest BCUT2D eigenvalue weighted by Crippen LogP contribution is 2.12. The molecule has 1 aromatic heterocycles. The van der Waals surface area contributed by atoms with Gasteiger partial charge >= 0.3 is 0 Å². The van der Waals surface area contributed by atoms with Gasteiger partial charge in [0, 0.05) is 31.7 Å². The first-order chi connectivity index (χ1) is 11.7. The van der Waals surface area contributed by atoms with Crippen LogP contribution in [0.1, 0.15) is 34.6 Å². The van der Waals surface area contributed by atoms with Gasteiger partial charge in [0.15, 0.2) is 5.82 Å². The van der Waals surface area contributed by atoms with Gasteiger partial charge in [-0.25, -0.2) is 0 Å². The van der Waals surface area contributed by atoms with Crippen molar-refractivity contribution in [3.05, 3.63) is 47.1 Å². The molecule has 3 rings (SSSR count). The predicted molar refractivity (Wildman–Crippen MR) is 89.2 cm³/mol. The van der Waals surface area contributed by atoms with Crippen LogP contribution in [0.2, 0.25) is 0 Å². The molecule has 2 heterocycles. The van der Waals surface area contributed by atoms with E-state index in [1.807, 2.05) is 29.2 Å². The van der Waals surface area contributed by atoms with E-state index in [-0.39, 0.29) is 12.5 Å². The predicted octanol–water partition coefficient (Wildman–Crippen LogP) is 1.05. The molecule has 24 heavy (non-hydrogen) atoms. The Balaban J connectivity index is 1.53. The first kappa shape index (κ1) is 16.6. The van der Waals surface area contributed by atoms with E-state index in [4.69, 9.17) is 10.3 Å². The third-order valence-electron chi connectivity index (χ3n) is 4.32. The SMILES string of the molecule is CCc1ccc(C(=O)N2CCN(Cc3noc(CN)n3)CC2)cc1. The van der Waals surface area contributed by atoms with E-state index < -0.39 is 0 Å². The van der Waals surface area contributed by atoms with E-state index in [1.165, 1.54) is 5.56 Å². The highest BCUT2D eigenvalue weighted by atomic mass is 16.5. The molecule has 0 atom stereocenters. The molecule has 0 radical (unpaired) electrons. The number of benzene rings is 1. The maximum absolute atomic E-state index is 12.6. The van der Waals surface area contributed by atoms with E-state index in [0.717, 1.165) is 25.1 Å². The largest absolute Gasteiger partial charge is 0.338 e. The minimum Gasteiger partial charge on any atom is -0.338 e. The third kappa shape index (κ3) is 3.80. The van der Waals surface area contributed by atoms with Gasteiger partial charge in [0.2, 0.25) is 5.89 Å². The normalized spacial score (nSPS) is 15.7. The second-order valence-corrected chi connectivity index (χ2v) is 5.93. The molecule has 7 heteroatoms. The first-order valence-electron chi connectivity index (χ1n) is 8.31. The number of piperazine rings is 1. The number of nitrogens with zero attached hydrogens (tertiary/aromatic N) is 4. The van der Waals surface area contributed by atoms with Crippen LogP contribution >= 0.6 is 0 Å². The summed E-state index contributed by atoms with van der Waals surface area (Å²) in [6.07, 6.45) is 0.981. The highest BCUT2D eigenvalue weighted by molar-refractivity contribution is 5.94. The monoisotopic (exact) mass is 329 g/mol. The third-order valence-corrected chi connectivity index (χ3v) is 4.32. The average Bonchev–Trinajstić information content (AvgIpc) is 3.09. The summed E-state index contributed by atoms with van der Waals surface area (Å²) in [7, 11) is 0. The number of carbonyl (C=O) groups excluding carboxylic acids is 1. The summed E-state index contributed by atoms with van der Waals surface area (Å²) < 4.78 is 5.01. The van der Waals surface area contributed by atoms with Gasteiger partial charge in [0.1, 0.15) is 0 Å². The van der Waals surface area contributed by atoms with Crippen LogP contribution < -0.4 is 5.73 Å². The zero-order chi connectivity index (χ0) is 16.9. The minimum atomic E-state index is 0.0993. The maximum Gasteiger partial charge on any atom is 0.253 e. The maximum atomic E-state index is 12.6. The van der Waals surface area contributed by atoms with Crippen molar-refractivity contribution in [2.45, 2.75) is 26.4 Å². The fourth-order valence-electron chi connectivity index (χ4n) is 2.81. The summed E-state index contributed by atoms with van der Waals surface area (Å²) in [5, 5.41) is 3.91. The summed E-state index contributed by atoms with van der Waals surface area (Å²) in [5.74, 6) is 1.20. The second kappa shape index (κ2) is 7.55. The van der Waals surface area contributed by atoms with Gasteiger partial charge < -0.3 is 15.2 Å². The summed E-state index contributed by atoms with van der Waals surface area (Å²) in [6.45, 7) is 5.99. The Bertz CT molecular complexity index is 675.